The van der Waals surface area contributed by atoms with E-state index in [1.54, 1.807) is 0 Å². The Morgan fingerprint density at radius 2 is 1.67 bits per heavy atom. The zero-order valence-electron chi connectivity index (χ0n) is 10.6. The van der Waals surface area contributed by atoms with Crippen molar-refractivity contribution in [3.8, 4) is 5.75 Å². The summed E-state index contributed by atoms with van der Waals surface area (Å²) in [6.45, 7) is 4.05. The van der Waals surface area contributed by atoms with Gasteiger partial charge in [0.05, 0.1) is 11.5 Å². The molecule has 0 radical (unpaired) electrons. The number of halogens is 1. The van der Waals surface area contributed by atoms with E-state index in [0.717, 1.165) is 21.3 Å². The quantitative estimate of drug-likeness (QED) is 0.836. The molecule has 0 bridgehead atoms. The zero-order valence-corrected chi connectivity index (χ0v) is 13.0. The SMILES string of the molecule is Cc1cc(OC2CCS(=O)(=O)CC2)cc(C)c1Br. The van der Waals surface area contributed by atoms with E-state index in [-0.39, 0.29) is 17.6 Å². The van der Waals surface area contributed by atoms with Crippen molar-refractivity contribution in [1.82, 2.24) is 0 Å². The molecule has 0 aromatic heterocycles. The molecule has 0 saturated carbocycles. The van der Waals surface area contributed by atoms with Crippen LogP contribution in [0.4, 0.5) is 0 Å². The first-order valence-electron chi connectivity index (χ1n) is 6.01. The lowest BCUT2D eigenvalue weighted by Crippen LogP contribution is -2.30. The summed E-state index contributed by atoms with van der Waals surface area (Å²) in [5, 5.41) is 0. The van der Waals surface area contributed by atoms with Crippen LogP contribution in [0.15, 0.2) is 16.6 Å². The third-order valence-electron chi connectivity index (χ3n) is 3.21. The third kappa shape index (κ3) is 3.26. The molecule has 0 amide bonds. The van der Waals surface area contributed by atoms with E-state index < -0.39 is 9.84 Å². The van der Waals surface area contributed by atoms with Crippen molar-refractivity contribution in [1.29, 1.82) is 0 Å². The van der Waals surface area contributed by atoms with Gasteiger partial charge in [0.25, 0.3) is 0 Å². The highest BCUT2D eigenvalue weighted by Crippen LogP contribution is 2.28. The maximum absolute atomic E-state index is 11.3. The Morgan fingerprint density at radius 3 is 2.17 bits per heavy atom. The molecule has 5 heteroatoms. The van der Waals surface area contributed by atoms with Crippen molar-refractivity contribution in [3.63, 3.8) is 0 Å². The van der Waals surface area contributed by atoms with Gasteiger partial charge in [0.1, 0.15) is 11.9 Å². The van der Waals surface area contributed by atoms with Crippen LogP contribution in [0.2, 0.25) is 0 Å². The zero-order chi connectivity index (χ0) is 13.3. The summed E-state index contributed by atoms with van der Waals surface area (Å²) in [5.74, 6) is 1.32. The first-order chi connectivity index (χ1) is 8.37. The van der Waals surface area contributed by atoms with Gasteiger partial charge in [-0.1, -0.05) is 15.9 Å². The van der Waals surface area contributed by atoms with E-state index in [2.05, 4.69) is 15.9 Å². The monoisotopic (exact) mass is 332 g/mol. The normalized spacial score (nSPS) is 19.7. The first kappa shape index (κ1) is 13.9. The minimum absolute atomic E-state index is 0.0218. The van der Waals surface area contributed by atoms with E-state index in [0.29, 0.717) is 12.8 Å². The summed E-state index contributed by atoms with van der Waals surface area (Å²) in [4.78, 5) is 0. The van der Waals surface area contributed by atoms with E-state index in [4.69, 9.17) is 4.74 Å². The molecule has 1 fully saturated rings. The molecule has 1 heterocycles. The van der Waals surface area contributed by atoms with Crippen molar-refractivity contribution < 1.29 is 13.2 Å². The molecule has 0 unspecified atom stereocenters. The van der Waals surface area contributed by atoms with Gasteiger partial charge in [-0.2, -0.15) is 0 Å². The third-order valence-corrected chi connectivity index (χ3v) is 6.18. The van der Waals surface area contributed by atoms with Crippen molar-refractivity contribution in [3.05, 3.63) is 27.7 Å². The molecule has 0 spiro atoms. The molecule has 1 aromatic rings. The van der Waals surface area contributed by atoms with Gasteiger partial charge in [-0.25, -0.2) is 8.42 Å². The van der Waals surface area contributed by atoms with Crippen LogP contribution in [0.5, 0.6) is 5.75 Å². The van der Waals surface area contributed by atoms with Crippen LogP contribution in [-0.2, 0) is 9.84 Å². The number of rotatable bonds is 2. The van der Waals surface area contributed by atoms with Crippen LogP contribution < -0.4 is 4.74 Å². The second-order valence-electron chi connectivity index (χ2n) is 4.84. The lowest BCUT2D eigenvalue weighted by atomic mass is 10.1. The first-order valence-corrected chi connectivity index (χ1v) is 8.63. The highest BCUT2D eigenvalue weighted by Gasteiger charge is 2.24. The summed E-state index contributed by atoms with van der Waals surface area (Å²) in [7, 11) is -2.82. The fraction of sp³-hybridized carbons (Fsp3) is 0.538. The number of benzene rings is 1. The predicted molar refractivity (Wildman–Crippen MR) is 75.9 cm³/mol. The molecule has 1 aliphatic heterocycles. The Bertz CT molecular complexity index is 514. The van der Waals surface area contributed by atoms with E-state index >= 15 is 0 Å². The lowest BCUT2D eigenvalue weighted by Gasteiger charge is -2.23. The number of hydrogen-bond acceptors (Lipinski definition) is 3. The molecule has 0 N–H and O–H groups in total. The topological polar surface area (TPSA) is 43.4 Å². The Balaban J connectivity index is 2.07. The summed E-state index contributed by atoms with van der Waals surface area (Å²) in [6, 6.07) is 3.97. The van der Waals surface area contributed by atoms with Gasteiger partial charge in [0.15, 0.2) is 9.84 Å². The second kappa shape index (κ2) is 5.21. The van der Waals surface area contributed by atoms with Crippen LogP contribution >= 0.6 is 15.9 Å². The van der Waals surface area contributed by atoms with Gasteiger partial charge in [0.2, 0.25) is 0 Å². The van der Waals surface area contributed by atoms with Gasteiger partial charge in [-0.05, 0) is 49.9 Å². The molecule has 1 aromatic carbocycles. The van der Waals surface area contributed by atoms with Gasteiger partial charge >= 0.3 is 0 Å². The van der Waals surface area contributed by atoms with Gasteiger partial charge in [-0.15, -0.1) is 0 Å². The lowest BCUT2D eigenvalue weighted by molar-refractivity contribution is 0.189. The van der Waals surface area contributed by atoms with E-state index in [1.165, 1.54) is 0 Å². The smallest absolute Gasteiger partial charge is 0.150 e. The van der Waals surface area contributed by atoms with Gasteiger partial charge < -0.3 is 4.74 Å². The summed E-state index contributed by atoms with van der Waals surface area (Å²) in [6.07, 6.45) is 1.21. The molecule has 2 rings (SSSR count). The minimum Gasteiger partial charge on any atom is -0.490 e. The van der Waals surface area contributed by atoms with Crippen molar-refractivity contribution in [2.75, 3.05) is 11.5 Å². The standard InChI is InChI=1S/C13H17BrO3S/c1-9-7-12(8-10(2)13(9)14)17-11-3-5-18(15,16)6-4-11/h7-8,11H,3-6H2,1-2H3. The molecule has 18 heavy (non-hydrogen) atoms. The molecule has 1 saturated heterocycles. The van der Waals surface area contributed by atoms with Crippen molar-refractivity contribution >= 4 is 25.8 Å². The Labute approximate surface area is 117 Å². The van der Waals surface area contributed by atoms with Crippen LogP contribution in [-0.4, -0.2) is 26.0 Å². The molecular formula is C13H17BrO3S. The molecule has 1 aliphatic rings. The summed E-state index contributed by atoms with van der Waals surface area (Å²) < 4.78 is 29.7. The molecule has 0 atom stereocenters. The second-order valence-corrected chi connectivity index (χ2v) is 7.94. The van der Waals surface area contributed by atoms with Crippen molar-refractivity contribution in [2.24, 2.45) is 0 Å². The predicted octanol–water partition coefficient (Wildman–Crippen LogP) is 3.02. The molecule has 3 nitrogen and oxygen atoms in total. The van der Waals surface area contributed by atoms with Crippen LogP contribution in [0, 0.1) is 13.8 Å². The molecular weight excluding hydrogens is 316 g/mol. The Hall–Kier alpha value is -0.550. The average molecular weight is 333 g/mol. The highest BCUT2D eigenvalue weighted by molar-refractivity contribution is 9.10. The van der Waals surface area contributed by atoms with Crippen LogP contribution in [0.25, 0.3) is 0 Å². The molecule has 100 valence electrons. The number of ether oxygens (including phenoxy) is 1. The average Bonchev–Trinajstić information content (AvgIpc) is 2.29. The van der Waals surface area contributed by atoms with E-state index in [9.17, 15) is 8.42 Å². The van der Waals surface area contributed by atoms with Gasteiger partial charge in [-0.3, -0.25) is 0 Å². The highest BCUT2D eigenvalue weighted by atomic mass is 79.9. The number of aryl methyl sites for hydroxylation is 2. The fourth-order valence-corrected chi connectivity index (χ4v) is 3.83. The number of hydrogen-bond donors (Lipinski definition) is 0. The van der Waals surface area contributed by atoms with E-state index in [1.807, 2.05) is 26.0 Å². The maximum atomic E-state index is 11.3. The van der Waals surface area contributed by atoms with Crippen LogP contribution in [0.3, 0.4) is 0 Å². The number of sulfone groups is 1. The minimum atomic E-state index is -2.82. The van der Waals surface area contributed by atoms with Crippen LogP contribution in [0.1, 0.15) is 24.0 Å². The fourth-order valence-electron chi connectivity index (χ4n) is 2.15. The van der Waals surface area contributed by atoms with Crippen molar-refractivity contribution in [2.45, 2.75) is 32.8 Å². The largest absolute Gasteiger partial charge is 0.490 e. The molecule has 0 aliphatic carbocycles. The maximum Gasteiger partial charge on any atom is 0.150 e. The summed E-state index contributed by atoms with van der Waals surface area (Å²) >= 11 is 3.52. The van der Waals surface area contributed by atoms with Gasteiger partial charge in [0, 0.05) is 4.47 Å². The Kier molecular flexibility index (Phi) is 4.02. The summed E-state index contributed by atoms with van der Waals surface area (Å²) in [5.41, 5.74) is 2.27. The Morgan fingerprint density at radius 1 is 1.17 bits per heavy atom.